The van der Waals surface area contributed by atoms with E-state index < -0.39 is 0 Å². The van der Waals surface area contributed by atoms with E-state index in [9.17, 15) is 0 Å². The summed E-state index contributed by atoms with van der Waals surface area (Å²) in [5.74, 6) is 1.10. The van der Waals surface area contributed by atoms with Crippen LogP contribution in [0.15, 0.2) is 36.8 Å². The van der Waals surface area contributed by atoms with Gasteiger partial charge in [-0.15, -0.1) is 0 Å². The van der Waals surface area contributed by atoms with E-state index in [1.54, 1.807) is 0 Å². The lowest BCUT2D eigenvalue weighted by Gasteiger charge is -2.35. The molecule has 106 valence electrons. The third kappa shape index (κ3) is 2.82. The van der Waals surface area contributed by atoms with Gasteiger partial charge in [-0.1, -0.05) is 6.07 Å². The van der Waals surface area contributed by atoms with Crippen molar-refractivity contribution in [2.24, 2.45) is 0 Å². The van der Waals surface area contributed by atoms with Crippen LogP contribution in [0.3, 0.4) is 0 Å². The van der Waals surface area contributed by atoms with Gasteiger partial charge in [0.25, 0.3) is 0 Å². The molecule has 3 rings (SSSR count). The highest BCUT2D eigenvalue weighted by Gasteiger charge is 2.20. The fourth-order valence-electron chi connectivity index (χ4n) is 2.66. The number of pyridine rings is 1. The van der Waals surface area contributed by atoms with Crippen LogP contribution in [0, 0.1) is 0 Å². The zero-order chi connectivity index (χ0) is 13.8. The molecule has 0 atom stereocenters. The number of hydrogen-bond acceptors (Lipinski definition) is 4. The van der Waals surface area contributed by atoms with E-state index in [1.165, 1.54) is 0 Å². The third-order valence-electron chi connectivity index (χ3n) is 3.80. The molecular formula is C15H21N5. The van der Waals surface area contributed by atoms with Crippen molar-refractivity contribution in [2.45, 2.75) is 20.0 Å². The van der Waals surface area contributed by atoms with Crippen molar-refractivity contribution < 1.29 is 0 Å². The number of piperazine rings is 1. The van der Waals surface area contributed by atoms with Gasteiger partial charge in [0.15, 0.2) is 0 Å². The molecule has 5 nitrogen and oxygen atoms in total. The Kier molecular flexibility index (Phi) is 3.97. The van der Waals surface area contributed by atoms with E-state index in [2.05, 4.69) is 49.6 Å². The van der Waals surface area contributed by atoms with Crippen LogP contribution in [-0.2, 0) is 13.1 Å². The SMILES string of the molecule is CCn1ccnc1N1CCN(Cc2ccccn2)CC1. The van der Waals surface area contributed by atoms with Gasteiger partial charge in [-0.05, 0) is 19.1 Å². The summed E-state index contributed by atoms with van der Waals surface area (Å²) in [5.41, 5.74) is 1.15. The van der Waals surface area contributed by atoms with E-state index >= 15 is 0 Å². The standard InChI is InChI=1S/C15H21N5/c1-2-19-8-7-17-15(19)20-11-9-18(10-12-20)13-14-5-3-4-6-16-14/h3-8H,2,9-13H2,1H3. The van der Waals surface area contributed by atoms with Crippen LogP contribution in [-0.4, -0.2) is 45.6 Å². The predicted octanol–water partition coefficient (Wildman–Crippen LogP) is 1.62. The topological polar surface area (TPSA) is 37.2 Å². The molecule has 0 aliphatic carbocycles. The quantitative estimate of drug-likeness (QED) is 0.847. The second kappa shape index (κ2) is 6.05. The van der Waals surface area contributed by atoms with Crippen molar-refractivity contribution in [1.82, 2.24) is 19.4 Å². The van der Waals surface area contributed by atoms with Crippen LogP contribution < -0.4 is 4.90 Å². The first-order chi connectivity index (χ1) is 9.86. The minimum Gasteiger partial charge on any atom is -0.340 e. The van der Waals surface area contributed by atoms with E-state index in [1.807, 2.05) is 18.5 Å². The van der Waals surface area contributed by atoms with Crippen molar-refractivity contribution in [3.8, 4) is 0 Å². The average Bonchev–Trinajstić information content (AvgIpc) is 2.98. The summed E-state index contributed by atoms with van der Waals surface area (Å²) >= 11 is 0. The van der Waals surface area contributed by atoms with Gasteiger partial charge >= 0.3 is 0 Å². The number of anilines is 1. The average molecular weight is 271 g/mol. The monoisotopic (exact) mass is 271 g/mol. The molecule has 2 aromatic rings. The number of aryl methyl sites for hydroxylation is 1. The molecule has 1 saturated heterocycles. The Morgan fingerprint density at radius 3 is 2.60 bits per heavy atom. The smallest absolute Gasteiger partial charge is 0.205 e. The minimum absolute atomic E-state index is 0.941. The number of hydrogen-bond donors (Lipinski definition) is 0. The lowest BCUT2D eigenvalue weighted by molar-refractivity contribution is 0.245. The first-order valence-electron chi connectivity index (χ1n) is 7.25. The summed E-state index contributed by atoms with van der Waals surface area (Å²) in [6.45, 7) is 8.26. The van der Waals surface area contributed by atoms with Gasteiger partial charge in [0.1, 0.15) is 0 Å². The molecule has 1 fully saturated rings. The van der Waals surface area contributed by atoms with Crippen LogP contribution in [0.4, 0.5) is 5.95 Å². The van der Waals surface area contributed by atoms with Gasteiger partial charge in [0.05, 0.1) is 5.69 Å². The maximum atomic E-state index is 4.48. The molecule has 0 unspecified atom stereocenters. The molecule has 20 heavy (non-hydrogen) atoms. The molecular weight excluding hydrogens is 250 g/mol. The van der Waals surface area contributed by atoms with Gasteiger partial charge in [0, 0.05) is 57.9 Å². The molecule has 0 bridgehead atoms. The Morgan fingerprint density at radius 1 is 1.05 bits per heavy atom. The van der Waals surface area contributed by atoms with Crippen LogP contribution in [0.5, 0.6) is 0 Å². The van der Waals surface area contributed by atoms with Gasteiger partial charge in [-0.3, -0.25) is 9.88 Å². The van der Waals surface area contributed by atoms with Crippen molar-refractivity contribution in [3.63, 3.8) is 0 Å². The Bertz CT molecular complexity index is 528. The van der Waals surface area contributed by atoms with E-state index in [4.69, 9.17) is 0 Å². The van der Waals surface area contributed by atoms with Crippen LogP contribution in [0.1, 0.15) is 12.6 Å². The highest BCUT2D eigenvalue weighted by Crippen LogP contribution is 2.15. The maximum Gasteiger partial charge on any atom is 0.205 e. The lowest BCUT2D eigenvalue weighted by Crippen LogP contribution is -2.46. The molecule has 0 amide bonds. The molecule has 3 heterocycles. The number of nitrogens with zero attached hydrogens (tertiary/aromatic N) is 5. The normalized spacial score (nSPS) is 16.6. The van der Waals surface area contributed by atoms with Gasteiger partial charge in [-0.25, -0.2) is 4.98 Å². The summed E-state index contributed by atoms with van der Waals surface area (Å²) in [6, 6.07) is 6.11. The molecule has 5 heteroatoms. The second-order valence-electron chi connectivity index (χ2n) is 5.10. The predicted molar refractivity (Wildman–Crippen MR) is 79.6 cm³/mol. The van der Waals surface area contributed by atoms with E-state index in [-0.39, 0.29) is 0 Å². The molecule has 0 N–H and O–H groups in total. The highest BCUT2D eigenvalue weighted by atomic mass is 15.3. The van der Waals surface area contributed by atoms with Crippen molar-refractivity contribution in [3.05, 3.63) is 42.5 Å². The van der Waals surface area contributed by atoms with Crippen molar-refractivity contribution in [1.29, 1.82) is 0 Å². The summed E-state index contributed by atoms with van der Waals surface area (Å²) in [6.07, 6.45) is 5.80. The zero-order valence-corrected chi connectivity index (χ0v) is 11.9. The number of rotatable bonds is 4. The van der Waals surface area contributed by atoms with Gasteiger partial charge in [-0.2, -0.15) is 0 Å². The highest BCUT2D eigenvalue weighted by molar-refractivity contribution is 5.32. The first kappa shape index (κ1) is 13.1. The molecule has 0 spiro atoms. The number of aromatic nitrogens is 3. The molecule has 1 aliphatic rings. The largest absolute Gasteiger partial charge is 0.340 e. The number of imidazole rings is 1. The van der Waals surface area contributed by atoms with Crippen molar-refractivity contribution >= 4 is 5.95 Å². The molecule has 0 saturated carbocycles. The Hall–Kier alpha value is -1.88. The van der Waals surface area contributed by atoms with Gasteiger partial charge in [0.2, 0.25) is 5.95 Å². The zero-order valence-electron chi connectivity index (χ0n) is 11.9. The fraction of sp³-hybridized carbons (Fsp3) is 0.467. The first-order valence-corrected chi connectivity index (χ1v) is 7.25. The molecule has 2 aromatic heterocycles. The summed E-state index contributed by atoms with van der Waals surface area (Å²) in [5, 5.41) is 0. The fourth-order valence-corrected chi connectivity index (χ4v) is 2.66. The maximum absolute atomic E-state index is 4.48. The van der Waals surface area contributed by atoms with Crippen LogP contribution in [0.25, 0.3) is 0 Å². The Labute approximate surface area is 119 Å². The molecule has 1 aliphatic heterocycles. The summed E-state index contributed by atoms with van der Waals surface area (Å²) in [4.78, 5) is 13.7. The Balaban J connectivity index is 1.57. The van der Waals surface area contributed by atoms with Crippen molar-refractivity contribution in [2.75, 3.05) is 31.1 Å². The molecule has 0 radical (unpaired) electrons. The lowest BCUT2D eigenvalue weighted by atomic mass is 10.3. The van der Waals surface area contributed by atoms with E-state index in [0.717, 1.165) is 50.9 Å². The van der Waals surface area contributed by atoms with E-state index in [0.29, 0.717) is 0 Å². The minimum atomic E-state index is 0.941. The third-order valence-corrected chi connectivity index (χ3v) is 3.80. The summed E-state index contributed by atoms with van der Waals surface area (Å²) in [7, 11) is 0. The molecule has 0 aromatic carbocycles. The van der Waals surface area contributed by atoms with Crippen LogP contribution >= 0.6 is 0 Å². The summed E-state index contributed by atoms with van der Waals surface area (Å²) < 4.78 is 2.20. The second-order valence-corrected chi connectivity index (χ2v) is 5.10. The van der Waals surface area contributed by atoms with Crippen LogP contribution in [0.2, 0.25) is 0 Å². The Morgan fingerprint density at radius 2 is 1.90 bits per heavy atom. The van der Waals surface area contributed by atoms with Gasteiger partial charge < -0.3 is 9.47 Å².